The monoisotopic (exact) mass is 472 g/mol. The van der Waals surface area contributed by atoms with Crippen LogP contribution in [0.25, 0.3) is 0 Å². The molecule has 7 nitrogen and oxygen atoms in total. The van der Waals surface area contributed by atoms with Gasteiger partial charge in [0.05, 0.1) is 24.6 Å². The predicted molar refractivity (Wildman–Crippen MR) is 125 cm³/mol. The number of esters is 1. The van der Waals surface area contributed by atoms with E-state index in [1.165, 1.54) is 47.5 Å². The summed E-state index contributed by atoms with van der Waals surface area (Å²) >= 11 is 4.42. The highest BCUT2D eigenvalue weighted by Gasteiger charge is 2.09. The van der Waals surface area contributed by atoms with E-state index in [1.54, 1.807) is 36.0 Å². The van der Waals surface area contributed by atoms with E-state index in [0.717, 1.165) is 20.0 Å². The van der Waals surface area contributed by atoms with Gasteiger partial charge in [0.25, 0.3) is 5.91 Å². The molecule has 1 heterocycles. The highest BCUT2D eigenvalue weighted by molar-refractivity contribution is 8.03. The molecule has 3 rings (SSSR count). The van der Waals surface area contributed by atoms with E-state index in [2.05, 4.69) is 56.7 Å². The summed E-state index contributed by atoms with van der Waals surface area (Å²) in [6, 6.07) is 15.1. The van der Waals surface area contributed by atoms with E-state index in [9.17, 15) is 9.59 Å². The minimum Gasteiger partial charge on any atom is -0.465 e. The van der Waals surface area contributed by atoms with Gasteiger partial charge in [0.15, 0.2) is 8.68 Å². The van der Waals surface area contributed by atoms with Gasteiger partial charge in [-0.25, -0.2) is 10.2 Å². The van der Waals surface area contributed by atoms with Gasteiger partial charge in [-0.3, -0.25) is 4.79 Å². The first-order chi connectivity index (χ1) is 15.0. The number of aromatic nitrogens is 2. The van der Waals surface area contributed by atoms with Crippen LogP contribution >= 0.6 is 34.9 Å². The Kier molecular flexibility index (Phi) is 8.63. The quantitative estimate of drug-likeness (QED) is 0.216. The molecule has 0 atom stereocenters. The Morgan fingerprint density at radius 2 is 1.74 bits per heavy atom. The normalized spacial score (nSPS) is 10.9. The van der Waals surface area contributed by atoms with E-state index in [-0.39, 0.29) is 11.7 Å². The van der Waals surface area contributed by atoms with E-state index in [4.69, 9.17) is 0 Å². The van der Waals surface area contributed by atoms with Gasteiger partial charge < -0.3 is 4.74 Å². The van der Waals surface area contributed by atoms with Crippen molar-refractivity contribution in [2.45, 2.75) is 21.4 Å². The van der Waals surface area contributed by atoms with E-state index >= 15 is 0 Å². The summed E-state index contributed by atoms with van der Waals surface area (Å²) in [6.45, 7) is 2.07. The molecular formula is C21H20N4O3S3. The van der Waals surface area contributed by atoms with Gasteiger partial charge in [-0.05, 0) is 30.2 Å². The van der Waals surface area contributed by atoms with E-state index in [0.29, 0.717) is 5.56 Å². The van der Waals surface area contributed by atoms with E-state index in [1.807, 2.05) is 0 Å². The van der Waals surface area contributed by atoms with Crippen LogP contribution in [-0.2, 0) is 15.3 Å². The lowest BCUT2D eigenvalue weighted by atomic mass is 10.1. The van der Waals surface area contributed by atoms with Gasteiger partial charge in [-0.15, -0.1) is 10.2 Å². The topological polar surface area (TPSA) is 93.5 Å². The summed E-state index contributed by atoms with van der Waals surface area (Å²) in [5, 5.41) is 12.2. The van der Waals surface area contributed by atoms with Crippen LogP contribution in [0, 0.1) is 6.92 Å². The molecule has 10 heteroatoms. The Morgan fingerprint density at radius 1 is 1.06 bits per heavy atom. The van der Waals surface area contributed by atoms with Crippen LogP contribution in [0.5, 0.6) is 0 Å². The maximum absolute atomic E-state index is 12.0. The molecular weight excluding hydrogens is 452 g/mol. The molecule has 1 amide bonds. The van der Waals surface area contributed by atoms with Gasteiger partial charge in [0, 0.05) is 5.75 Å². The largest absolute Gasteiger partial charge is 0.465 e. The van der Waals surface area contributed by atoms with Crippen LogP contribution in [0.4, 0.5) is 0 Å². The molecule has 31 heavy (non-hydrogen) atoms. The van der Waals surface area contributed by atoms with Gasteiger partial charge in [0.1, 0.15) is 0 Å². The van der Waals surface area contributed by atoms with Crippen LogP contribution in [0.3, 0.4) is 0 Å². The average Bonchev–Trinajstić information content (AvgIpc) is 3.25. The van der Waals surface area contributed by atoms with Gasteiger partial charge in [-0.2, -0.15) is 5.10 Å². The molecule has 0 aliphatic heterocycles. The zero-order valence-corrected chi connectivity index (χ0v) is 19.4. The van der Waals surface area contributed by atoms with Gasteiger partial charge >= 0.3 is 5.97 Å². The molecule has 3 aromatic rings. The number of methoxy groups -OCH3 is 1. The second kappa shape index (κ2) is 11.6. The zero-order chi connectivity index (χ0) is 22.1. The van der Waals surface area contributed by atoms with Crippen LogP contribution < -0.4 is 5.43 Å². The van der Waals surface area contributed by atoms with Crippen molar-refractivity contribution in [3.8, 4) is 0 Å². The van der Waals surface area contributed by atoms with Crippen molar-refractivity contribution in [2.24, 2.45) is 5.10 Å². The third-order valence-electron chi connectivity index (χ3n) is 3.93. The number of aryl methyl sites for hydroxylation is 1. The van der Waals surface area contributed by atoms with Crippen LogP contribution in [0.15, 0.2) is 62.3 Å². The van der Waals surface area contributed by atoms with E-state index < -0.39 is 5.97 Å². The number of amides is 1. The first-order valence-corrected chi connectivity index (χ1v) is 12.0. The second-order valence-electron chi connectivity index (χ2n) is 6.30. The zero-order valence-electron chi connectivity index (χ0n) is 16.9. The molecule has 0 saturated carbocycles. The highest BCUT2D eigenvalue weighted by Crippen LogP contribution is 2.30. The smallest absolute Gasteiger partial charge is 0.337 e. The first-order valence-electron chi connectivity index (χ1n) is 9.18. The number of hydrogen-bond acceptors (Lipinski definition) is 9. The third-order valence-corrected chi connectivity index (χ3v) is 7.19. The average molecular weight is 473 g/mol. The Hall–Kier alpha value is -2.69. The minimum absolute atomic E-state index is 0.190. The molecule has 2 aromatic carbocycles. The molecule has 0 bridgehead atoms. The number of carbonyl (C=O) groups excluding carboxylic acids is 2. The third kappa shape index (κ3) is 7.50. The molecule has 1 N–H and O–H groups in total. The number of benzene rings is 2. The van der Waals surface area contributed by atoms with Gasteiger partial charge in [-0.1, -0.05) is 76.8 Å². The summed E-state index contributed by atoms with van der Waals surface area (Å²) in [7, 11) is 1.33. The molecule has 160 valence electrons. The number of thioether (sulfide) groups is 2. The number of nitrogens with one attached hydrogen (secondary N) is 1. The fraction of sp³-hybridized carbons (Fsp3) is 0.190. The standard InChI is InChI=1S/C21H20N4O3S3/c1-14-3-5-16(6-4-14)12-29-20-24-25-21(31-20)30-13-18(26)23-22-11-15-7-9-17(10-8-15)19(27)28-2/h3-11H,12-13H2,1-2H3,(H,23,26)/b22-11+. The van der Waals surface area contributed by atoms with Crippen molar-refractivity contribution in [2.75, 3.05) is 12.9 Å². The fourth-order valence-electron chi connectivity index (χ4n) is 2.30. The number of rotatable bonds is 9. The van der Waals surface area contributed by atoms with Gasteiger partial charge in [0.2, 0.25) is 0 Å². The maximum Gasteiger partial charge on any atom is 0.337 e. The second-order valence-corrected chi connectivity index (χ2v) is 9.73. The SMILES string of the molecule is COC(=O)c1ccc(/C=N/NC(=O)CSc2nnc(SCc3ccc(C)cc3)s2)cc1. The molecule has 0 radical (unpaired) electrons. The number of carbonyl (C=O) groups is 2. The molecule has 0 spiro atoms. The summed E-state index contributed by atoms with van der Waals surface area (Å²) in [5.41, 5.74) is 6.15. The summed E-state index contributed by atoms with van der Waals surface area (Å²) in [4.78, 5) is 23.4. The molecule has 0 aliphatic carbocycles. The Bertz CT molecular complexity index is 1050. The van der Waals surface area contributed by atoms with Crippen molar-refractivity contribution in [1.29, 1.82) is 0 Å². The van der Waals surface area contributed by atoms with Crippen LogP contribution in [-0.4, -0.2) is 41.2 Å². The van der Waals surface area contributed by atoms with Crippen molar-refractivity contribution >= 4 is 53.0 Å². The lowest BCUT2D eigenvalue weighted by Gasteiger charge is -2.00. The minimum atomic E-state index is -0.401. The Balaban J connectivity index is 1.40. The lowest BCUT2D eigenvalue weighted by molar-refractivity contribution is -0.118. The molecule has 0 aliphatic rings. The van der Waals surface area contributed by atoms with Crippen molar-refractivity contribution in [1.82, 2.24) is 15.6 Å². The predicted octanol–water partition coefficient (Wildman–Crippen LogP) is 4.17. The number of ether oxygens (including phenoxy) is 1. The summed E-state index contributed by atoms with van der Waals surface area (Å²) in [5.74, 6) is 0.379. The Morgan fingerprint density at radius 3 is 2.42 bits per heavy atom. The fourth-order valence-corrected chi connectivity index (χ4v) is 5.07. The lowest BCUT2D eigenvalue weighted by Crippen LogP contribution is -2.19. The summed E-state index contributed by atoms with van der Waals surface area (Å²) < 4.78 is 6.26. The van der Waals surface area contributed by atoms with Crippen molar-refractivity contribution in [3.05, 3.63) is 70.8 Å². The number of hydrazone groups is 1. The van der Waals surface area contributed by atoms with Crippen molar-refractivity contribution in [3.63, 3.8) is 0 Å². The Labute approximate surface area is 192 Å². The first kappa shape index (κ1) is 23.0. The van der Waals surface area contributed by atoms with Crippen LogP contribution in [0.2, 0.25) is 0 Å². The van der Waals surface area contributed by atoms with Crippen LogP contribution in [0.1, 0.15) is 27.0 Å². The number of hydrogen-bond donors (Lipinski definition) is 1. The highest BCUT2D eigenvalue weighted by atomic mass is 32.2. The summed E-state index contributed by atoms with van der Waals surface area (Å²) in [6.07, 6.45) is 1.51. The molecule has 0 unspecified atom stereocenters. The molecule has 1 aromatic heterocycles. The molecule has 0 fully saturated rings. The molecule has 0 saturated heterocycles. The number of nitrogens with zero attached hydrogens (tertiary/aromatic N) is 3. The maximum atomic E-state index is 12.0. The van der Waals surface area contributed by atoms with Crippen molar-refractivity contribution < 1.29 is 14.3 Å².